The highest BCUT2D eigenvalue weighted by Crippen LogP contribution is 2.30. The van der Waals surface area contributed by atoms with Gasteiger partial charge in [0.15, 0.2) is 0 Å². The van der Waals surface area contributed by atoms with Crippen molar-refractivity contribution in [2.24, 2.45) is 5.73 Å². The van der Waals surface area contributed by atoms with Crippen molar-refractivity contribution in [2.45, 2.75) is 24.9 Å². The molecule has 2 atom stereocenters. The highest BCUT2D eigenvalue weighted by molar-refractivity contribution is 5.77. The van der Waals surface area contributed by atoms with Crippen molar-refractivity contribution in [3.8, 4) is 5.88 Å². The van der Waals surface area contributed by atoms with E-state index in [1.807, 2.05) is 12.1 Å². The van der Waals surface area contributed by atoms with E-state index in [1.165, 1.54) is 0 Å². The Morgan fingerprint density at radius 1 is 1.45 bits per heavy atom. The van der Waals surface area contributed by atoms with Gasteiger partial charge in [-0.15, -0.1) is 0 Å². The molecular weight excluding hydrogens is 258 g/mol. The number of carbonyl (C=O) groups is 1. The van der Waals surface area contributed by atoms with Gasteiger partial charge >= 0.3 is 0 Å². The lowest BCUT2D eigenvalue weighted by molar-refractivity contribution is -0.138. The minimum atomic E-state index is -0.221. The Hall–Kier alpha value is -1.66. The minimum absolute atomic E-state index is 0.0957. The van der Waals surface area contributed by atoms with Crippen LogP contribution in [0.15, 0.2) is 18.2 Å². The molecule has 0 saturated carbocycles. The van der Waals surface area contributed by atoms with Gasteiger partial charge in [0.1, 0.15) is 0 Å². The van der Waals surface area contributed by atoms with Crippen LogP contribution in [0.3, 0.4) is 0 Å². The molecular formula is C14H21N3O3. The molecule has 0 spiro atoms. The summed E-state index contributed by atoms with van der Waals surface area (Å²) < 4.78 is 10.2. The summed E-state index contributed by atoms with van der Waals surface area (Å²) in [6.45, 7) is 1.01. The molecule has 0 bridgehead atoms. The van der Waals surface area contributed by atoms with Gasteiger partial charge in [-0.25, -0.2) is 4.98 Å². The number of hydrogen-bond acceptors (Lipinski definition) is 5. The van der Waals surface area contributed by atoms with Crippen molar-refractivity contribution < 1.29 is 14.3 Å². The third-order valence-electron chi connectivity index (χ3n) is 3.55. The Morgan fingerprint density at radius 3 is 2.95 bits per heavy atom. The summed E-state index contributed by atoms with van der Waals surface area (Å²) in [6.07, 6.45) is 1.15. The van der Waals surface area contributed by atoms with Gasteiger partial charge in [-0.2, -0.15) is 0 Å². The second-order valence-electron chi connectivity index (χ2n) is 4.83. The van der Waals surface area contributed by atoms with Crippen LogP contribution in [0.5, 0.6) is 5.88 Å². The number of carbonyl (C=O) groups excluding carboxylic acids is 1. The number of rotatable bonds is 5. The summed E-state index contributed by atoms with van der Waals surface area (Å²) in [6, 6.07) is 5.18. The van der Waals surface area contributed by atoms with E-state index in [1.54, 1.807) is 25.2 Å². The molecule has 110 valence electrons. The highest BCUT2D eigenvalue weighted by Gasteiger charge is 2.35. The molecule has 1 aliphatic heterocycles. The molecule has 1 aromatic rings. The second kappa shape index (κ2) is 6.67. The predicted octanol–water partition coefficient (Wildman–Crippen LogP) is 0.727. The fraction of sp³-hybridized carbons (Fsp3) is 0.571. The van der Waals surface area contributed by atoms with Gasteiger partial charge in [0.2, 0.25) is 11.8 Å². The zero-order valence-corrected chi connectivity index (χ0v) is 11.9. The molecule has 1 aliphatic rings. The molecule has 2 unspecified atom stereocenters. The Labute approximate surface area is 118 Å². The Balaban J connectivity index is 2.28. The molecule has 1 aromatic heterocycles. The molecule has 0 aromatic carbocycles. The van der Waals surface area contributed by atoms with Crippen molar-refractivity contribution in [1.82, 2.24) is 9.88 Å². The SMILES string of the molecule is COCCN1C(=O)CCC(N)C1c1cccc(OC)n1. The van der Waals surface area contributed by atoms with E-state index >= 15 is 0 Å². The Bertz CT molecular complexity index is 467. The quantitative estimate of drug-likeness (QED) is 0.859. The van der Waals surface area contributed by atoms with E-state index in [0.29, 0.717) is 31.9 Å². The van der Waals surface area contributed by atoms with Crippen LogP contribution in [-0.4, -0.2) is 49.2 Å². The van der Waals surface area contributed by atoms with Crippen molar-refractivity contribution >= 4 is 5.91 Å². The van der Waals surface area contributed by atoms with Crippen LogP contribution in [0, 0.1) is 0 Å². The molecule has 0 radical (unpaired) electrons. The number of pyridine rings is 1. The maximum atomic E-state index is 12.1. The number of hydrogen-bond donors (Lipinski definition) is 1. The molecule has 1 amide bonds. The summed E-state index contributed by atoms with van der Waals surface area (Å²) in [5, 5.41) is 0. The summed E-state index contributed by atoms with van der Waals surface area (Å²) in [4.78, 5) is 18.3. The normalized spacial score (nSPS) is 22.9. The molecule has 0 aliphatic carbocycles. The molecule has 1 fully saturated rings. The van der Waals surface area contributed by atoms with E-state index in [2.05, 4.69) is 4.98 Å². The van der Waals surface area contributed by atoms with Gasteiger partial charge in [0, 0.05) is 32.2 Å². The molecule has 20 heavy (non-hydrogen) atoms. The second-order valence-corrected chi connectivity index (χ2v) is 4.83. The molecule has 6 nitrogen and oxygen atoms in total. The molecule has 2 heterocycles. The first-order valence-electron chi connectivity index (χ1n) is 6.72. The highest BCUT2D eigenvalue weighted by atomic mass is 16.5. The Kier molecular flexibility index (Phi) is 4.92. The van der Waals surface area contributed by atoms with Gasteiger partial charge in [-0.3, -0.25) is 4.79 Å². The van der Waals surface area contributed by atoms with Crippen LogP contribution >= 0.6 is 0 Å². The lowest BCUT2D eigenvalue weighted by Crippen LogP contribution is -2.50. The van der Waals surface area contributed by atoms with Crippen LogP contribution in [0.25, 0.3) is 0 Å². The maximum absolute atomic E-state index is 12.1. The monoisotopic (exact) mass is 279 g/mol. The average Bonchev–Trinajstić information content (AvgIpc) is 2.48. The van der Waals surface area contributed by atoms with Crippen molar-refractivity contribution in [2.75, 3.05) is 27.4 Å². The van der Waals surface area contributed by atoms with Crippen LogP contribution in [0.2, 0.25) is 0 Å². The maximum Gasteiger partial charge on any atom is 0.223 e. The minimum Gasteiger partial charge on any atom is -0.481 e. The van der Waals surface area contributed by atoms with Crippen molar-refractivity contribution in [3.05, 3.63) is 23.9 Å². The van der Waals surface area contributed by atoms with Gasteiger partial charge in [0.25, 0.3) is 0 Å². The van der Waals surface area contributed by atoms with Gasteiger partial charge < -0.3 is 20.1 Å². The predicted molar refractivity (Wildman–Crippen MR) is 74.3 cm³/mol. The number of methoxy groups -OCH3 is 2. The van der Waals surface area contributed by atoms with Crippen molar-refractivity contribution in [1.29, 1.82) is 0 Å². The van der Waals surface area contributed by atoms with Gasteiger partial charge in [-0.05, 0) is 12.5 Å². The Morgan fingerprint density at radius 2 is 2.25 bits per heavy atom. The van der Waals surface area contributed by atoms with E-state index < -0.39 is 0 Å². The van der Waals surface area contributed by atoms with E-state index in [4.69, 9.17) is 15.2 Å². The van der Waals surface area contributed by atoms with Crippen LogP contribution in [0.1, 0.15) is 24.6 Å². The first-order chi connectivity index (χ1) is 9.67. The summed E-state index contributed by atoms with van der Waals surface area (Å²) in [5.41, 5.74) is 6.98. The number of aromatic nitrogens is 1. The number of ether oxygens (including phenoxy) is 2. The topological polar surface area (TPSA) is 77.7 Å². The zero-order valence-electron chi connectivity index (χ0n) is 11.9. The number of likely N-dealkylation sites (tertiary alicyclic amines) is 1. The van der Waals surface area contributed by atoms with Gasteiger partial charge in [-0.1, -0.05) is 6.07 Å². The molecule has 2 rings (SSSR count). The van der Waals surface area contributed by atoms with Crippen LogP contribution in [0.4, 0.5) is 0 Å². The van der Waals surface area contributed by atoms with E-state index in [0.717, 1.165) is 5.69 Å². The summed E-state index contributed by atoms with van der Waals surface area (Å²) >= 11 is 0. The lowest BCUT2D eigenvalue weighted by Gasteiger charge is -2.39. The number of piperidine rings is 1. The first-order valence-corrected chi connectivity index (χ1v) is 6.72. The molecule has 1 saturated heterocycles. The largest absolute Gasteiger partial charge is 0.481 e. The number of nitrogens with two attached hydrogens (primary N) is 1. The van der Waals surface area contributed by atoms with Crippen LogP contribution < -0.4 is 10.5 Å². The fourth-order valence-corrected chi connectivity index (χ4v) is 2.52. The average molecular weight is 279 g/mol. The standard InChI is InChI=1S/C14H21N3O3/c1-19-9-8-17-13(18)7-6-10(15)14(17)11-4-3-5-12(16-11)20-2/h3-5,10,14H,6-9,15H2,1-2H3. The smallest absolute Gasteiger partial charge is 0.223 e. The summed E-state index contributed by atoms with van der Waals surface area (Å²) in [7, 11) is 3.19. The molecule has 6 heteroatoms. The van der Waals surface area contributed by atoms with E-state index in [-0.39, 0.29) is 18.0 Å². The third-order valence-corrected chi connectivity index (χ3v) is 3.55. The van der Waals surface area contributed by atoms with Crippen molar-refractivity contribution in [3.63, 3.8) is 0 Å². The molecule has 2 N–H and O–H groups in total. The number of nitrogens with zero attached hydrogens (tertiary/aromatic N) is 2. The lowest BCUT2D eigenvalue weighted by atomic mass is 9.93. The van der Waals surface area contributed by atoms with Gasteiger partial charge in [0.05, 0.1) is 25.5 Å². The third kappa shape index (κ3) is 3.08. The number of amides is 1. The fourth-order valence-electron chi connectivity index (χ4n) is 2.52. The summed E-state index contributed by atoms with van der Waals surface area (Å²) in [5.74, 6) is 0.623. The first kappa shape index (κ1) is 14.7. The van der Waals surface area contributed by atoms with E-state index in [9.17, 15) is 4.79 Å². The van der Waals surface area contributed by atoms with Crippen LogP contribution in [-0.2, 0) is 9.53 Å². The zero-order chi connectivity index (χ0) is 14.5.